The fraction of sp³-hybridized carbons (Fsp3) is 0.214. The Hall–Kier alpha value is -2.03. The van der Waals surface area contributed by atoms with Gasteiger partial charge in [0.05, 0.1) is 12.1 Å². The summed E-state index contributed by atoms with van der Waals surface area (Å²) in [6.07, 6.45) is 8.41. The molecule has 0 saturated carbocycles. The van der Waals surface area contributed by atoms with Crippen molar-refractivity contribution in [1.82, 2.24) is 5.32 Å². The number of fused-ring (bicyclic) bond motifs is 1. The van der Waals surface area contributed by atoms with Gasteiger partial charge < -0.3 is 10.6 Å². The van der Waals surface area contributed by atoms with Gasteiger partial charge in [0.1, 0.15) is 5.84 Å². The number of hydrogen-bond donors (Lipinski definition) is 2. The van der Waals surface area contributed by atoms with E-state index in [0.717, 1.165) is 17.1 Å². The summed E-state index contributed by atoms with van der Waals surface area (Å²) in [4.78, 5) is 4.72. The normalized spacial score (nSPS) is 25.1. The first kappa shape index (κ1) is 10.1. The van der Waals surface area contributed by atoms with Gasteiger partial charge in [-0.2, -0.15) is 0 Å². The van der Waals surface area contributed by atoms with Crippen LogP contribution in [0.15, 0.2) is 53.6 Å². The van der Waals surface area contributed by atoms with Gasteiger partial charge in [0, 0.05) is 18.3 Å². The monoisotopic (exact) mass is 225 g/mol. The van der Waals surface area contributed by atoms with E-state index >= 15 is 0 Å². The van der Waals surface area contributed by atoms with Crippen molar-refractivity contribution < 1.29 is 0 Å². The van der Waals surface area contributed by atoms with Crippen LogP contribution in [-0.2, 0) is 0 Å². The van der Waals surface area contributed by atoms with Crippen LogP contribution < -0.4 is 10.6 Å². The van der Waals surface area contributed by atoms with Crippen molar-refractivity contribution in [3.63, 3.8) is 0 Å². The second-order valence-electron chi connectivity index (χ2n) is 4.20. The molecule has 1 aromatic rings. The van der Waals surface area contributed by atoms with Crippen molar-refractivity contribution in [1.29, 1.82) is 0 Å². The van der Waals surface area contributed by atoms with Crippen LogP contribution in [0.4, 0.5) is 5.69 Å². The van der Waals surface area contributed by atoms with Gasteiger partial charge in [0.2, 0.25) is 0 Å². The lowest BCUT2D eigenvalue weighted by molar-refractivity contribution is 0.695. The fourth-order valence-corrected chi connectivity index (χ4v) is 2.25. The molecule has 1 aliphatic heterocycles. The van der Waals surface area contributed by atoms with Crippen molar-refractivity contribution in [3.05, 3.63) is 54.1 Å². The topological polar surface area (TPSA) is 36.4 Å². The van der Waals surface area contributed by atoms with E-state index < -0.39 is 0 Å². The predicted molar refractivity (Wildman–Crippen MR) is 71.5 cm³/mol. The number of para-hydroxylation sites is 1. The average Bonchev–Trinajstić information content (AvgIpc) is 2.82. The molecule has 2 N–H and O–H groups in total. The molecule has 1 aromatic carbocycles. The van der Waals surface area contributed by atoms with Crippen molar-refractivity contribution >= 4 is 11.5 Å². The standard InChI is InChI=1S/C14H15N3/c1-15-11-7-3-2-6-10(11)14-16-12-8-4-5-9-13(12)17-14/h2-9,12-13,15H,1H3,(H,16,17)/t12-,13+. The van der Waals surface area contributed by atoms with E-state index in [1.807, 2.05) is 19.2 Å². The molecule has 3 heteroatoms. The molecule has 2 aliphatic rings. The number of rotatable bonds is 2. The zero-order chi connectivity index (χ0) is 11.7. The van der Waals surface area contributed by atoms with E-state index in [2.05, 4.69) is 47.1 Å². The van der Waals surface area contributed by atoms with E-state index in [4.69, 9.17) is 4.99 Å². The first-order chi connectivity index (χ1) is 8.38. The van der Waals surface area contributed by atoms with Crippen molar-refractivity contribution in [2.45, 2.75) is 12.1 Å². The molecule has 3 rings (SSSR count). The first-order valence-electron chi connectivity index (χ1n) is 5.85. The van der Waals surface area contributed by atoms with Gasteiger partial charge in [-0.1, -0.05) is 36.4 Å². The van der Waals surface area contributed by atoms with E-state index in [9.17, 15) is 0 Å². The summed E-state index contributed by atoms with van der Waals surface area (Å²) in [6.45, 7) is 0. The zero-order valence-electron chi connectivity index (χ0n) is 9.72. The van der Waals surface area contributed by atoms with Gasteiger partial charge in [-0.3, -0.25) is 4.99 Å². The van der Waals surface area contributed by atoms with E-state index in [1.54, 1.807) is 0 Å². The highest BCUT2D eigenvalue weighted by molar-refractivity contribution is 6.05. The molecule has 0 radical (unpaired) electrons. The molecule has 0 bridgehead atoms. The molecule has 0 amide bonds. The van der Waals surface area contributed by atoms with Gasteiger partial charge in [0.15, 0.2) is 0 Å². The van der Waals surface area contributed by atoms with Crippen molar-refractivity contribution in [2.75, 3.05) is 12.4 Å². The summed E-state index contributed by atoms with van der Waals surface area (Å²) in [5, 5.41) is 6.65. The smallest absolute Gasteiger partial charge is 0.131 e. The molecule has 1 aliphatic carbocycles. The quantitative estimate of drug-likeness (QED) is 0.807. The van der Waals surface area contributed by atoms with Gasteiger partial charge >= 0.3 is 0 Å². The third-order valence-electron chi connectivity index (χ3n) is 3.14. The number of anilines is 1. The Labute approximate surface area is 101 Å². The third-order valence-corrected chi connectivity index (χ3v) is 3.14. The molecule has 1 heterocycles. The van der Waals surface area contributed by atoms with Crippen LogP contribution in [0, 0.1) is 0 Å². The lowest BCUT2D eigenvalue weighted by Gasteiger charge is -2.14. The molecular formula is C14H15N3. The van der Waals surface area contributed by atoms with Crippen LogP contribution in [-0.4, -0.2) is 25.0 Å². The first-order valence-corrected chi connectivity index (χ1v) is 5.85. The highest BCUT2D eigenvalue weighted by atomic mass is 15.1. The lowest BCUT2D eigenvalue weighted by atomic mass is 10.1. The molecule has 0 unspecified atom stereocenters. The molecule has 0 spiro atoms. The number of nitrogens with one attached hydrogen (secondary N) is 2. The molecule has 0 saturated heterocycles. The molecule has 86 valence electrons. The molecule has 2 atom stereocenters. The Balaban J connectivity index is 1.96. The van der Waals surface area contributed by atoms with Crippen molar-refractivity contribution in [2.24, 2.45) is 4.99 Å². The molecular weight excluding hydrogens is 210 g/mol. The van der Waals surface area contributed by atoms with Crippen LogP contribution in [0.1, 0.15) is 5.56 Å². The number of hydrogen-bond acceptors (Lipinski definition) is 3. The Kier molecular flexibility index (Phi) is 2.44. The van der Waals surface area contributed by atoms with E-state index in [0.29, 0.717) is 6.04 Å². The zero-order valence-corrected chi connectivity index (χ0v) is 9.72. The number of benzene rings is 1. The van der Waals surface area contributed by atoms with Crippen LogP contribution in [0.25, 0.3) is 0 Å². The summed E-state index contributed by atoms with van der Waals surface area (Å²) in [7, 11) is 1.93. The summed E-state index contributed by atoms with van der Waals surface area (Å²) in [6, 6.07) is 8.75. The number of aliphatic imine (C=N–C) groups is 1. The van der Waals surface area contributed by atoms with Gasteiger partial charge in [-0.05, 0) is 12.1 Å². The maximum absolute atomic E-state index is 4.72. The molecule has 17 heavy (non-hydrogen) atoms. The van der Waals surface area contributed by atoms with Gasteiger partial charge in [0.25, 0.3) is 0 Å². The van der Waals surface area contributed by atoms with Crippen LogP contribution in [0.2, 0.25) is 0 Å². The maximum atomic E-state index is 4.72. The molecule has 0 fully saturated rings. The fourth-order valence-electron chi connectivity index (χ4n) is 2.25. The van der Waals surface area contributed by atoms with Crippen molar-refractivity contribution in [3.8, 4) is 0 Å². The summed E-state index contributed by atoms with van der Waals surface area (Å²) >= 11 is 0. The largest absolute Gasteiger partial charge is 0.388 e. The number of allylic oxidation sites excluding steroid dienone is 2. The average molecular weight is 225 g/mol. The Morgan fingerprint density at radius 1 is 1.18 bits per heavy atom. The van der Waals surface area contributed by atoms with Crippen LogP contribution >= 0.6 is 0 Å². The summed E-state index contributed by atoms with van der Waals surface area (Å²) < 4.78 is 0. The minimum Gasteiger partial charge on any atom is -0.388 e. The lowest BCUT2D eigenvalue weighted by Crippen LogP contribution is -2.33. The van der Waals surface area contributed by atoms with Crippen LogP contribution in [0.5, 0.6) is 0 Å². The Morgan fingerprint density at radius 2 is 2.00 bits per heavy atom. The number of amidine groups is 1. The Bertz CT molecular complexity index is 514. The predicted octanol–water partition coefficient (Wildman–Crippen LogP) is 1.94. The second kappa shape index (κ2) is 4.09. The summed E-state index contributed by atoms with van der Waals surface area (Å²) in [5.74, 6) is 0.973. The molecule has 3 nitrogen and oxygen atoms in total. The SMILES string of the molecule is CNc1ccccc1C1=N[C@@H]2C=CC=C[C@@H]2N1. The maximum Gasteiger partial charge on any atom is 0.131 e. The minimum atomic E-state index is 0.236. The van der Waals surface area contributed by atoms with E-state index in [-0.39, 0.29) is 6.04 Å². The second-order valence-corrected chi connectivity index (χ2v) is 4.20. The highest BCUT2D eigenvalue weighted by Crippen LogP contribution is 2.21. The summed E-state index contributed by atoms with van der Waals surface area (Å²) in [5.41, 5.74) is 2.23. The van der Waals surface area contributed by atoms with Crippen LogP contribution in [0.3, 0.4) is 0 Å². The third kappa shape index (κ3) is 1.73. The van der Waals surface area contributed by atoms with Gasteiger partial charge in [-0.15, -0.1) is 0 Å². The van der Waals surface area contributed by atoms with Gasteiger partial charge in [-0.25, -0.2) is 0 Å². The van der Waals surface area contributed by atoms with E-state index in [1.165, 1.54) is 0 Å². The number of nitrogens with zero attached hydrogens (tertiary/aromatic N) is 1. The Morgan fingerprint density at radius 3 is 2.82 bits per heavy atom. The minimum absolute atomic E-state index is 0.236. The highest BCUT2D eigenvalue weighted by Gasteiger charge is 2.27. The molecule has 0 aromatic heterocycles.